The predicted octanol–water partition coefficient (Wildman–Crippen LogP) is 13.7. The van der Waals surface area contributed by atoms with E-state index in [0.29, 0.717) is 0 Å². The summed E-state index contributed by atoms with van der Waals surface area (Å²) in [5.41, 5.74) is 14.5. The standard InChI is InChI=1S/C52H52N2/c1-5-53(6-2)51-37-29-47(30-38-51)23-19-43-13-9-41(10-14-43)17-21-45-25-33-49(34-26-45)50-35-27-46(28-36-50)22-18-42-11-15-44(16-12-42)20-24-48-31-39-52(40-32-48)54(7-3)8-4/h9-40H,5-8H2,1-4H3/b21-17+,22-18+,23-19+,24-20+. The van der Waals surface area contributed by atoms with Crippen molar-refractivity contribution in [3.63, 3.8) is 0 Å². The molecule has 6 aromatic rings. The number of benzene rings is 6. The first-order valence-electron chi connectivity index (χ1n) is 19.4. The lowest BCUT2D eigenvalue weighted by molar-refractivity contribution is 0.866. The van der Waals surface area contributed by atoms with Gasteiger partial charge in [-0.2, -0.15) is 0 Å². The second kappa shape index (κ2) is 19.1. The molecule has 0 saturated carbocycles. The SMILES string of the molecule is CCN(CC)c1ccc(/C=C/c2ccc(/C=C/c3ccc(-c4ccc(/C=C/c5ccc(/C=C/c6ccc(N(CC)CC)cc6)cc5)cc4)cc3)cc2)cc1. The van der Waals surface area contributed by atoms with Gasteiger partial charge in [-0.1, -0.05) is 170 Å². The molecule has 0 radical (unpaired) electrons. The van der Waals surface area contributed by atoms with E-state index >= 15 is 0 Å². The van der Waals surface area contributed by atoms with Crippen molar-refractivity contribution in [3.05, 3.63) is 190 Å². The average Bonchev–Trinajstić information content (AvgIpc) is 3.23. The molecule has 6 rings (SSSR count). The topological polar surface area (TPSA) is 6.48 Å². The number of hydrogen-bond donors (Lipinski definition) is 0. The Morgan fingerprint density at radius 3 is 0.611 bits per heavy atom. The molecule has 54 heavy (non-hydrogen) atoms. The zero-order chi connectivity index (χ0) is 37.5. The highest BCUT2D eigenvalue weighted by atomic mass is 15.1. The molecule has 0 spiro atoms. The Hall–Kier alpha value is -6.12. The molecular weight excluding hydrogens is 653 g/mol. The van der Waals surface area contributed by atoms with Gasteiger partial charge in [-0.3, -0.25) is 0 Å². The average molecular weight is 705 g/mol. The smallest absolute Gasteiger partial charge is 0.0366 e. The van der Waals surface area contributed by atoms with Gasteiger partial charge in [0.2, 0.25) is 0 Å². The number of hydrogen-bond acceptors (Lipinski definition) is 2. The van der Waals surface area contributed by atoms with Crippen LogP contribution in [0.2, 0.25) is 0 Å². The zero-order valence-corrected chi connectivity index (χ0v) is 32.2. The van der Waals surface area contributed by atoms with E-state index in [2.05, 4.69) is 232 Å². The molecule has 0 aliphatic heterocycles. The lowest BCUT2D eigenvalue weighted by Gasteiger charge is -2.20. The largest absolute Gasteiger partial charge is 0.372 e. The van der Waals surface area contributed by atoms with Crippen LogP contribution in [0.25, 0.3) is 59.7 Å². The second-order valence-corrected chi connectivity index (χ2v) is 13.4. The van der Waals surface area contributed by atoms with Crippen LogP contribution in [0.3, 0.4) is 0 Å². The number of rotatable bonds is 15. The van der Waals surface area contributed by atoms with Gasteiger partial charge in [0, 0.05) is 37.6 Å². The maximum absolute atomic E-state index is 2.36. The molecule has 0 saturated heterocycles. The summed E-state index contributed by atoms with van der Waals surface area (Å²) in [6.45, 7) is 12.9. The van der Waals surface area contributed by atoms with E-state index in [4.69, 9.17) is 0 Å². The van der Waals surface area contributed by atoms with Crippen LogP contribution in [0.5, 0.6) is 0 Å². The van der Waals surface area contributed by atoms with Crippen molar-refractivity contribution in [1.29, 1.82) is 0 Å². The second-order valence-electron chi connectivity index (χ2n) is 13.4. The fourth-order valence-corrected chi connectivity index (χ4v) is 6.55. The molecule has 0 unspecified atom stereocenters. The summed E-state index contributed by atoms with van der Waals surface area (Å²) in [6, 6.07) is 52.5. The van der Waals surface area contributed by atoms with Gasteiger partial charge in [-0.05, 0) is 108 Å². The van der Waals surface area contributed by atoms with Crippen molar-refractivity contribution in [2.24, 2.45) is 0 Å². The maximum atomic E-state index is 2.36. The highest BCUT2D eigenvalue weighted by molar-refractivity contribution is 5.77. The Bertz CT molecular complexity index is 1980. The third kappa shape index (κ3) is 10.5. The number of anilines is 2. The quantitative estimate of drug-likeness (QED) is 0.0982. The Kier molecular flexibility index (Phi) is 13.3. The minimum absolute atomic E-state index is 1.02. The molecular formula is C52H52N2. The van der Waals surface area contributed by atoms with E-state index in [1.54, 1.807) is 0 Å². The van der Waals surface area contributed by atoms with Crippen molar-refractivity contribution in [3.8, 4) is 11.1 Å². The minimum Gasteiger partial charge on any atom is -0.372 e. The van der Waals surface area contributed by atoms with Gasteiger partial charge in [0.15, 0.2) is 0 Å². The molecule has 0 aliphatic rings. The fourth-order valence-electron chi connectivity index (χ4n) is 6.55. The van der Waals surface area contributed by atoms with Crippen LogP contribution in [0.1, 0.15) is 72.2 Å². The summed E-state index contributed by atoms with van der Waals surface area (Å²) in [5, 5.41) is 0. The molecule has 0 amide bonds. The number of nitrogens with zero attached hydrogens (tertiary/aromatic N) is 2. The van der Waals surface area contributed by atoms with Crippen molar-refractivity contribution in [2.45, 2.75) is 27.7 Å². The first-order chi connectivity index (χ1) is 26.5. The van der Waals surface area contributed by atoms with Gasteiger partial charge in [0.05, 0.1) is 0 Å². The van der Waals surface area contributed by atoms with Gasteiger partial charge < -0.3 is 9.80 Å². The van der Waals surface area contributed by atoms with Crippen molar-refractivity contribution in [2.75, 3.05) is 36.0 Å². The molecule has 0 aromatic heterocycles. The molecule has 270 valence electrons. The van der Waals surface area contributed by atoms with E-state index in [0.717, 1.165) is 26.2 Å². The zero-order valence-electron chi connectivity index (χ0n) is 32.2. The van der Waals surface area contributed by atoms with Crippen LogP contribution in [0, 0.1) is 0 Å². The molecule has 6 aromatic carbocycles. The van der Waals surface area contributed by atoms with E-state index in [9.17, 15) is 0 Å². The van der Waals surface area contributed by atoms with Crippen LogP contribution in [0.4, 0.5) is 11.4 Å². The third-order valence-electron chi connectivity index (χ3n) is 9.94. The normalized spacial score (nSPS) is 11.7. The Morgan fingerprint density at radius 1 is 0.259 bits per heavy atom. The minimum atomic E-state index is 1.02. The molecule has 0 bridgehead atoms. The molecule has 0 aliphatic carbocycles. The van der Waals surface area contributed by atoms with Crippen molar-refractivity contribution < 1.29 is 0 Å². The van der Waals surface area contributed by atoms with E-state index < -0.39 is 0 Å². The third-order valence-corrected chi connectivity index (χ3v) is 9.94. The molecule has 0 heterocycles. The van der Waals surface area contributed by atoms with Crippen LogP contribution < -0.4 is 9.80 Å². The van der Waals surface area contributed by atoms with Gasteiger partial charge in [0.1, 0.15) is 0 Å². The lowest BCUT2D eigenvalue weighted by Crippen LogP contribution is -2.21. The van der Waals surface area contributed by atoms with Crippen LogP contribution in [-0.2, 0) is 0 Å². The summed E-state index contributed by atoms with van der Waals surface area (Å²) in [6.07, 6.45) is 17.4. The Morgan fingerprint density at radius 2 is 0.426 bits per heavy atom. The van der Waals surface area contributed by atoms with E-state index in [1.165, 1.54) is 67.0 Å². The van der Waals surface area contributed by atoms with E-state index in [-0.39, 0.29) is 0 Å². The highest BCUT2D eigenvalue weighted by Gasteiger charge is 2.02. The fraction of sp³-hybridized carbons (Fsp3) is 0.154. The molecule has 2 nitrogen and oxygen atoms in total. The lowest BCUT2D eigenvalue weighted by atomic mass is 10.0. The van der Waals surface area contributed by atoms with Gasteiger partial charge in [-0.15, -0.1) is 0 Å². The van der Waals surface area contributed by atoms with Crippen LogP contribution in [-0.4, -0.2) is 26.2 Å². The van der Waals surface area contributed by atoms with Crippen molar-refractivity contribution in [1.82, 2.24) is 0 Å². The monoisotopic (exact) mass is 704 g/mol. The summed E-state index contributed by atoms with van der Waals surface area (Å²) < 4.78 is 0. The molecule has 0 N–H and O–H groups in total. The van der Waals surface area contributed by atoms with E-state index in [1.807, 2.05) is 0 Å². The molecule has 0 atom stereocenters. The summed E-state index contributed by atoms with van der Waals surface area (Å²) in [5.74, 6) is 0. The summed E-state index contributed by atoms with van der Waals surface area (Å²) in [4.78, 5) is 4.72. The molecule has 2 heteroatoms. The van der Waals surface area contributed by atoms with Gasteiger partial charge in [0.25, 0.3) is 0 Å². The van der Waals surface area contributed by atoms with Gasteiger partial charge in [-0.25, -0.2) is 0 Å². The summed E-state index contributed by atoms with van der Waals surface area (Å²) in [7, 11) is 0. The summed E-state index contributed by atoms with van der Waals surface area (Å²) >= 11 is 0. The Balaban J connectivity index is 0.983. The van der Waals surface area contributed by atoms with Crippen LogP contribution in [0.15, 0.2) is 146 Å². The van der Waals surface area contributed by atoms with Crippen molar-refractivity contribution >= 4 is 60.0 Å². The Labute approximate surface area is 323 Å². The first kappa shape index (κ1) is 37.6. The highest BCUT2D eigenvalue weighted by Crippen LogP contribution is 2.23. The first-order valence-corrected chi connectivity index (χ1v) is 19.4. The predicted molar refractivity (Wildman–Crippen MR) is 240 cm³/mol. The van der Waals surface area contributed by atoms with Gasteiger partial charge >= 0.3 is 0 Å². The maximum Gasteiger partial charge on any atom is 0.0366 e. The molecule has 0 fully saturated rings. The van der Waals surface area contributed by atoms with Crippen LogP contribution >= 0.6 is 0 Å².